The molecule has 0 aliphatic heterocycles. The molecule has 2 nitrogen and oxygen atoms in total. The summed E-state index contributed by atoms with van der Waals surface area (Å²) in [4.78, 5) is 9.79. The summed E-state index contributed by atoms with van der Waals surface area (Å²) in [5, 5.41) is 0. The minimum atomic E-state index is -0.290. The van der Waals surface area contributed by atoms with Gasteiger partial charge in [-0.2, -0.15) is 0 Å². The van der Waals surface area contributed by atoms with Gasteiger partial charge in [0.15, 0.2) is 0 Å². The summed E-state index contributed by atoms with van der Waals surface area (Å²) in [6.45, 7) is 7.33. The maximum absolute atomic E-state index is 9.79. The van der Waals surface area contributed by atoms with Crippen molar-refractivity contribution in [2.45, 2.75) is 39.2 Å². The predicted octanol–water partition coefficient (Wildman–Crippen LogP) is 1.65. The highest BCUT2D eigenvalue weighted by molar-refractivity contribution is 5.39. The molecule has 0 aliphatic rings. The second-order valence-electron chi connectivity index (χ2n) is 2.34. The molecule has 0 amide bonds. The second-order valence-corrected chi connectivity index (χ2v) is 2.34. The van der Waals surface area contributed by atoms with E-state index in [-0.39, 0.29) is 5.60 Å². The van der Waals surface area contributed by atoms with E-state index in [9.17, 15) is 4.79 Å². The van der Waals surface area contributed by atoms with Gasteiger partial charge in [0.05, 0.1) is 0 Å². The third kappa shape index (κ3) is 2.49. The maximum atomic E-state index is 9.79. The van der Waals surface area contributed by atoms with Crippen LogP contribution in [0.3, 0.4) is 0 Å². The van der Waals surface area contributed by atoms with Crippen LogP contribution in [-0.4, -0.2) is 12.1 Å². The molecule has 0 aromatic rings. The summed E-state index contributed by atoms with van der Waals surface area (Å²) in [7, 11) is 0. The SMILES string of the molecule is CCC(C)(CC)O[C]=O. The van der Waals surface area contributed by atoms with E-state index in [4.69, 9.17) is 4.74 Å². The van der Waals surface area contributed by atoms with E-state index >= 15 is 0 Å². The number of hydrogen-bond acceptors (Lipinski definition) is 2. The molecule has 0 saturated carbocycles. The molecule has 2 heteroatoms. The molecule has 0 rings (SSSR count). The Morgan fingerprint density at radius 1 is 1.44 bits per heavy atom. The minimum Gasteiger partial charge on any atom is -0.451 e. The van der Waals surface area contributed by atoms with Crippen LogP contribution in [0.1, 0.15) is 33.6 Å². The van der Waals surface area contributed by atoms with E-state index < -0.39 is 0 Å². The van der Waals surface area contributed by atoms with E-state index in [2.05, 4.69) is 0 Å². The Balaban J connectivity index is 3.75. The van der Waals surface area contributed by atoms with E-state index in [1.165, 1.54) is 6.47 Å². The molecule has 0 atom stereocenters. The van der Waals surface area contributed by atoms with Crippen molar-refractivity contribution < 1.29 is 9.53 Å². The van der Waals surface area contributed by atoms with Crippen LogP contribution in [-0.2, 0) is 9.53 Å². The van der Waals surface area contributed by atoms with Crippen molar-refractivity contribution in [1.29, 1.82) is 0 Å². The monoisotopic (exact) mass is 129 g/mol. The van der Waals surface area contributed by atoms with E-state index in [0.717, 1.165) is 12.8 Å². The lowest BCUT2D eigenvalue weighted by molar-refractivity contribution is 0.0621. The Morgan fingerprint density at radius 2 is 1.89 bits per heavy atom. The van der Waals surface area contributed by atoms with Crippen LogP contribution < -0.4 is 0 Å². The Kier molecular flexibility index (Phi) is 3.28. The van der Waals surface area contributed by atoms with E-state index in [1.807, 2.05) is 20.8 Å². The Hall–Kier alpha value is -0.530. The van der Waals surface area contributed by atoms with Gasteiger partial charge < -0.3 is 4.74 Å². The summed E-state index contributed by atoms with van der Waals surface area (Å²) in [6, 6.07) is 0. The molecule has 0 aromatic heterocycles. The molecular weight excluding hydrogens is 116 g/mol. The first kappa shape index (κ1) is 8.47. The standard InChI is InChI=1S/C7H13O2/c1-4-7(3,5-2)9-6-8/h4-5H2,1-3H3. The highest BCUT2D eigenvalue weighted by atomic mass is 16.5. The van der Waals surface area contributed by atoms with Gasteiger partial charge in [-0.3, -0.25) is 0 Å². The molecule has 1 radical (unpaired) electrons. The zero-order valence-corrected chi connectivity index (χ0v) is 6.23. The van der Waals surface area contributed by atoms with Crippen molar-refractivity contribution >= 4 is 6.47 Å². The van der Waals surface area contributed by atoms with Crippen LogP contribution >= 0.6 is 0 Å². The van der Waals surface area contributed by atoms with Gasteiger partial charge in [0.25, 0.3) is 0 Å². The van der Waals surface area contributed by atoms with E-state index in [1.54, 1.807) is 0 Å². The van der Waals surface area contributed by atoms with Crippen LogP contribution in [0.15, 0.2) is 0 Å². The molecular formula is C7H13O2. The number of carbonyl (C=O) groups excluding carboxylic acids is 1. The molecule has 0 saturated heterocycles. The molecule has 0 fully saturated rings. The lowest BCUT2D eigenvalue weighted by Crippen LogP contribution is -2.25. The number of ether oxygens (including phenoxy) is 1. The van der Waals surface area contributed by atoms with Gasteiger partial charge in [-0.25, -0.2) is 4.79 Å². The first-order chi connectivity index (χ1) is 4.18. The molecule has 0 spiro atoms. The Labute approximate surface area is 56.2 Å². The van der Waals surface area contributed by atoms with Crippen LogP contribution in [0, 0.1) is 0 Å². The van der Waals surface area contributed by atoms with Crippen molar-refractivity contribution in [2.75, 3.05) is 0 Å². The summed E-state index contributed by atoms with van der Waals surface area (Å²) in [5.41, 5.74) is -0.290. The highest BCUT2D eigenvalue weighted by Gasteiger charge is 2.20. The van der Waals surface area contributed by atoms with Crippen LogP contribution in [0.5, 0.6) is 0 Å². The third-order valence-electron chi connectivity index (χ3n) is 1.78. The van der Waals surface area contributed by atoms with Crippen LogP contribution in [0.25, 0.3) is 0 Å². The number of hydrogen-bond donors (Lipinski definition) is 0. The van der Waals surface area contributed by atoms with Crippen molar-refractivity contribution in [1.82, 2.24) is 0 Å². The second kappa shape index (κ2) is 3.49. The zero-order valence-electron chi connectivity index (χ0n) is 6.23. The van der Waals surface area contributed by atoms with Crippen LogP contribution in [0.4, 0.5) is 0 Å². The molecule has 9 heavy (non-hydrogen) atoms. The number of rotatable bonds is 4. The van der Waals surface area contributed by atoms with Crippen LogP contribution in [0.2, 0.25) is 0 Å². The Bertz CT molecular complexity index is 84.9. The summed E-state index contributed by atoms with van der Waals surface area (Å²) in [5.74, 6) is 0. The lowest BCUT2D eigenvalue weighted by atomic mass is 10.0. The summed E-state index contributed by atoms with van der Waals surface area (Å²) >= 11 is 0. The van der Waals surface area contributed by atoms with Gasteiger partial charge in [0.2, 0.25) is 0 Å². The van der Waals surface area contributed by atoms with Gasteiger partial charge in [0.1, 0.15) is 5.60 Å². The van der Waals surface area contributed by atoms with Crippen molar-refractivity contribution in [3.63, 3.8) is 0 Å². The fourth-order valence-corrected chi connectivity index (χ4v) is 0.495. The fraction of sp³-hybridized carbons (Fsp3) is 0.857. The minimum absolute atomic E-state index is 0.290. The van der Waals surface area contributed by atoms with E-state index in [0.29, 0.717) is 0 Å². The lowest BCUT2D eigenvalue weighted by Gasteiger charge is -2.22. The van der Waals surface area contributed by atoms with Gasteiger partial charge in [-0.15, -0.1) is 0 Å². The van der Waals surface area contributed by atoms with Gasteiger partial charge in [-0.1, -0.05) is 13.8 Å². The van der Waals surface area contributed by atoms with Gasteiger partial charge in [-0.05, 0) is 19.8 Å². The summed E-state index contributed by atoms with van der Waals surface area (Å²) in [6.07, 6.45) is 1.69. The molecule has 0 unspecified atom stereocenters. The van der Waals surface area contributed by atoms with Crippen molar-refractivity contribution in [2.24, 2.45) is 0 Å². The predicted molar refractivity (Wildman–Crippen MR) is 35.8 cm³/mol. The molecule has 0 bridgehead atoms. The molecule has 0 heterocycles. The first-order valence-corrected chi connectivity index (χ1v) is 3.23. The van der Waals surface area contributed by atoms with Crippen molar-refractivity contribution in [3.8, 4) is 0 Å². The van der Waals surface area contributed by atoms with Gasteiger partial charge in [0, 0.05) is 0 Å². The topological polar surface area (TPSA) is 26.3 Å². The Morgan fingerprint density at radius 3 is 2.00 bits per heavy atom. The average molecular weight is 129 g/mol. The average Bonchev–Trinajstić information content (AvgIpc) is 1.89. The molecule has 0 N–H and O–H groups in total. The van der Waals surface area contributed by atoms with Crippen molar-refractivity contribution in [3.05, 3.63) is 0 Å². The first-order valence-electron chi connectivity index (χ1n) is 3.23. The summed E-state index contributed by atoms with van der Waals surface area (Å²) < 4.78 is 4.72. The largest absolute Gasteiger partial charge is 0.451 e. The third-order valence-corrected chi connectivity index (χ3v) is 1.78. The zero-order chi connectivity index (χ0) is 7.33. The molecule has 53 valence electrons. The molecule has 0 aromatic carbocycles. The van der Waals surface area contributed by atoms with Gasteiger partial charge >= 0.3 is 6.47 Å². The molecule has 0 aliphatic carbocycles. The normalized spacial score (nSPS) is 11.0. The fourth-order valence-electron chi connectivity index (χ4n) is 0.495. The highest BCUT2D eigenvalue weighted by Crippen LogP contribution is 2.17. The smallest absolute Gasteiger partial charge is 0.418 e. The quantitative estimate of drug-likeness (QED) is 0.577. The maximum Gasteiger partial charge on any atom is 0.418 e.